The molecule has 0 unspecified atom stereocenters. The fourth-order valence-electron chi connectivity index (χ4n) is 2.70. The van der Waals surface area contributed by atoms with Crippen LogP contribution < -0.4 is 9.58 Å². The number of nitrogens with zero attached hydrogens (tertiary/aromatic N) is 3. The quantitative estimate of drug-likeness (QED) is 0.402. The normalized spacial score (nSPS) is 11.5. The second-order valence-corrected chi connectivity index (χ2v) is 5.89. The Balaban J connectivity index is 1.98. The van der Waals surface area contributed by atoms with Crippen molar-refractivity contribution in [2.75, 3.05) is 12.1 Å². The first-order valence-electron chi connectivity index (χ1n) is 7.92. The van der Waals surface area contributed by atoms with Gasteiger partial charge in [0.2, 0.25) is 5.52 Å². The molecule has 0 fully saturated rings. The van der Waals surface area contributed by atoms with Crippen molar-refractivity contribution in [1.82, 2.24) is 0 Å². The van der Waals surface area contributed by atoms with Gasteiger partial charge in [0.05, 0.1) is 17.3 Å². The van der Waals surface area contributed by atoms with Crippen LogP contribution in [0.4, 0.5) is 5.69 Å². The van der Waals surface area contributed by atoms with Crippen LogP contribution in [0.2, 0.25) is 0 Å². The van der Waals surface area contributed by atoms with Crippen LogP contribution in [-0.2, 0) is 0 Å². The standard InChI is InChI=1S/C20H22N3/c1-16(2)23-14-13-17(19-11-7-8-12-20(19)23)15-21-22(3)18-9-5-4-6-10-18/h4-16H,1-3H3/q+1. The van der Waals surface area contributed by atoms with Gasteiger partial charge in [-0.3, -0.25) is 5.01 Å². The lowest BCUT2D eigenvalue weighted by Gasteiger charge is -2.12. The van der Waals surface area contributed by atoms with Gasteiger partial charge in [-0.05, 0) is 32.0 Å². The third kappa shape index (κ3) is 3.24. The Morgan fingerprint density at radius 3 is 2.39 bits per heavy atom. The molecule has 0 spiro atoms. The van der Waals surface area contributed by atoms with Crippen LogP contribution in [0, 0.1) is 0 Å². The van der Waals surface area contributed by atoms with Crippen molar-refractivity contribution in [3.8, 4) is 0 Å². The van der Waals surface area contributed by atoms with Gasteiger partial charge in [0, 0.05) is 24.7 Å². The molecule has 0 aliphatic carbocycles. The van der Waals surface area contributed by atoms with E-state index in [2.05, 4.69) is 60.0 Å². The number of hydrogen-bond donors (Lipinski definition) is 0. The zero-order valence-electron chi connectivity index (χ0n) is 13.8. The molecule has 3 aromatic rings. The number of aromatic nitrogens is 1. The summed E-state index contributed by atoms with van der Waals surface area (Å²) in [6, 6.07) is 21.2. The van der Waals surface area contributed by atoms with Crippen LogP contribution >= 0.6 is 0 Å². The van der Waals surface area contributed by atoms with Crippen LogP contribution in [0.15, 0.2) is 72.0 Å². The molecule has 0 bridgehead atoms. The zero-order chi connectivity index (χ0) is 16.2. The lowest BCUT2D eigenvalue weighted by Crippen LogP contribution is -2.36. The molecular weight excluding hydrogens is 282 g/mol. The molecule has 0 N–H and O–H groups in total. The predicted molar refractivity (Wildman–Crippen MR) is 97.0 cm³/mol. The molecule has 0 saturated heterocycles. The fourth-order valence-corrected chi connectivity index (χ4v) is 2.70. The molecule has 0 aliphatic heterocycles. The number of fused-ring (bicyclic) bond motifs is 1. The van der Waals surface area contributed by atoms with Gasteiger partial charge in [0.25, 0.3) is 0 Å². The summed E-state index contributed by atoms with van der Waals surface area (Å²) < 4.78 is 2.29. The van der Waals surface area contributed by atoms with E-state index in [1.807, 2.05) is 48.6 Å². The van der Waals surface area contributed by atoms with E-state index >= 15 is 0 Å². The predicted octanol–water partition coefficient (Wildman–Crippen LogP) is 4.18. The molecule has 1 aromatic heterocycles. The zero-order valence-corrected chi connectivity index (χ0v) is 13.8. The summed E-state index contributed by atoms with van der Waals surface area (Å²) in [5.41, 5.74) is 3.43. The van der Waals surface area contributed by atoms with Gasteiger partial charge >= 0.3 is 0 Å². The van der Waals surface area contributed by atoms with Crippen molar-refractivity contribution in [3.63, 3.8) is 0 Å². The summed E-state index contributed by atoms with van der Waals surface area (Å²) in [5.74, 6) is 0. The summed E-state index contributed by atoms with van der Waals surface area (Å²) in [6.07, 6.45) is 4.07. The van der Waals surface area contributed by atoms with Crippen LogP contribution in [-0.4, -0.2) is 13.3 Å². The Bertz CT molecular complexity index is 823. The summed E-state index contributed by atoms with van der Waals surface area (Å²) in [4.78, 5) is 0. The minimum atomic E-state index is 0.429. The molecule has 3 rings (SSSR count). The molecule has 23 heavy (non-hydrogen) atoms. The van der Waals surface area contributed by atoms with Gasteiger partial charge < -0.3 is 0 Å². The third-order valence-corrected chi connectivity index (χ3v) is 3.96. The van der Waals surface area contributed by atoms with Crippen LogP contribution in [0.3, 0.4) is 0 Å². The minimum absolute atomic E-state index is 0.429. The average Bonchev–Trinajstić information content (AvgIpc) is 2.59. The molecule has 1 heterocycles. The Labute approximate surface area is 137 Å². The van der Waals surface area contributed by atoms with E-state index in [0.717, 1.165) is 11.3 Å². The van der Waals surface area contributed by atoms with Crippen molar-refractivity contribution < 1.29 is 4.57 Å². The molecule has 2 aromatic carbocycles. The number of hydrazone groups is 1. The van der Waals surface area contributed by atoms with Gasteiger partial charge in [-0.15, -0.1) is 0 Å². The molecule has 0 radical (unpaired) electrons. The van der Waals surface area contributed by atoms with Crippen LogP contribution in [0.5, 0.6) is 0 Å². The van der Waals surface area contributed by atoms with E-state index in [4.69, 9.17) is 0 Å². The largest absolute Gasteiger partial charge is 0.269 e. The topological polar surface area (TPSA) is 19.5 Å². The second kappa shape index (κ2) is 6.61. The molecule has 3 nitrogen and oxygen atoms in total. The van der Waals surface area contributed by atoms with Gasteiger partial charge in [-0.25, -0.2) is 0 Å². The first-order chi connectivity index (χ1) is 11.2. The Morgan fingerprint density at radius 2 is 1.65 bits per heavy atom. The lowest BCUT2D eigenvalue weighted by atomic mass is 10.1. The van der Waals surface area contributed by atoms with E-state index in [9.17, 15) is 0 Å². The van der Waals surface area contributed by atoms with Crippen LogP contribution in [0.1, 0.15) is 25.5 Å². The monoisotopic (exact) mass is 304 g/mol. The number of rotatable bonds is 4. The molecule has 3 heteroatoms. The van der Waals surface area contributed by atoms with Gasteiger partial charge in [-0.2, -0.15) is 9.67 Å². The maximum absolute atomic E-state index is 4.59. The third-order valence-electron chi connectivity index (χ3n) is 3.96. The van der Waals surface area contributed by atoms with Crippen molar-refractivity contribution >= 4 is 22.8 Å². The molecule has 0 amide bonds. The van der Waals surface area contributed by atoms with Crippen molar-refractivity contribution in [1.29, 1.82) is 0 Å². The maximum atomic E-state index is 4.59. The van der Waals surface area contributed by atoms with Gasteiger partial charge in [-0.1, -0.05) is 30.3 Å². The SMILES string of the molecule is CC(C)[n+]1ccc(C=NN(C)c2ccccc2)c2ccccc21. The number of hydrogen-bond acceptors (Lipinski definition) is 2. The van der Waals surface area contributed by atoms with Crippen molar-refractivity contribution in [3.05, 3.63) is 72.4 Å². The van der Waals surface area contributed by atoms with E-state index in [1.165, 1.54) is 10.9 Å². The van der Waals surface area contributed by atoms with Crippen molar-refractivity contribution in [2.24, 2.45) is 5.10 Å². The van der Waals surface area contributed by atoms with E-state index < -0.39 is 0 Å². The lowest BCUT2D eigenvalue weighted by molar-refractivity contribution is -0.691. The van der Waals surface area contributed by atoms with E-state index in [0.29, 0.717) is 6.04 Å². The summed E-state index contributed by atoms with van der Waals surface area (Å²) in [5, 5.41) is 7.69. The Hall–Kier alpha value is -2.68. The average molecular weight is 304 g/mol. The first kappa shape index (κ1) is 15.2. The van der Waals surface area contributed by atoms with Crippen molar-refractivity contribution in [2.45, 2.75) is 19.9 Å². The van der Waals surface area contributed by atoms with Crippen LogP contribution in [0.25, 0.3) is 10.9 Å². The summed E-state index contributed by atoms with van der Waals surface area (Å²) in [6.45, 7) is 4.40. The highest BCUT2D eigenvalue weighted by atomic mass is 15.4. The second-order valence-electron chi connectivity index (χ2n) is 5.89. The Morgan fingerprint density at radius 1 is 0.957 bits per heavy atom. The molecular formula is C20H22N3+. The fraction of sp³-hybridized carbons (Fsp3) is 0.200. The van der Waals surface area contributed by atoms with E-state index in [-0.39, 0.29) is 0 Å². The molecule has 0 aliphatic rings. The molecule has 0 saturated carbocycles. The summed E-state index contributed by atoms with van der Waals surface area (Å²) in [7, 11) is 1.96. The van der Waals surface area contributed by atoms with Gasteiger partial charge in [0.1, 0.15) is 0 Å². The highest BCUT2D eigenvalue weighted by Gasteiger charge is 2.13. The maximum Gasteiger partial charge on any atom is 0.213 e. The summed E-state index contributed by atoms with van der Waals surface area (Å²) >= 11 is 0. The van der Waals surface area contributed by atoms with Gasteiger partial charge in [0.15, 0.2) is 12.2 Å². The van der Waals surface area contributed by atoms with E-state index in [1.54, 1.807) is 0 Å². The smallest absolute Gasteiger partial charge is 0.213 e. The highest BCUT2D eigenvalue weighted by Crippen LogP contribution is 2.16. The minimum Gasteiger partial charge on any atom is -0.269 e. The molecule has 0 atom stereocenters. The number of benzene rings is 2. The Kier molecular flexibility index (Phi) is 4.38. The first-order valence-corrected chi connectivity index (χ1v) is 7.92. The number of para-hydroxylation sites is 2. The highest BCUT2D eigenvalue weighted by molar-refractivity contribution is 5.97. The number of anilines is 1. The molecule has 116 valence electrons. The number of pyridine rings is 1.